The van der Waals surface area contributed by atoms with Gasteiger partial charge < -0.3 is 4.74 Å². The Balaban J connectivity index is 1.35. The van der Waals surface area contributed by atoms with Gasteiger partial charge in [0.2, 0.25) is 11.8 Å². The summed E-state index contributed by atoms with van der Waals surface area (Å²) in [6.45, 7) is 0. The number of aromatic nitrogens is 8. The topological polar surface area (TPSA) is 96.4 Å². The number of rotatable bonds is 8. The summed E-state index contributed by atoms with van der Waals surface area (Å²) in [5.74, 6) is -0.457. The number of benzene rings is 1. The number of methoxy groups -OCH3 is 1. The van der Waals surface area contributed by atoms with Crippen LogP contribution in [-0.4, -0.2) is 47.1 Å². The summed E-state index contributed by atoms with van der Waals surface area (Å²) in [5, 5.41) is 15.7. The quantitative estimate of drug-likeness (QED) is 0.249. The van der Waals surface area contributed by atoms with Gasteiger partial charge in [-0.3, -0.25) is 9.67 Å². The summed E-state index contributed by atoms with van der Waals surface area (Å²) < 4.78 is 37.9. The first-order valence-electron chi connectivity index (χ1n) is 11.9. The number of ether oxygens (including phenoxy) is 1. The zero-order chi connectivity index (χ0) is 26.2. The molecule has 5 aromatic rings. The van der Waals surface area contributed by atoms with E-state index >= 15 is 4.39 Å². The molecule has 0 aliphatic heterocycles. The molecule has 4 heterocycles. The van der Waals surface area contributed by atoms with Crippen molar-refractivity contribution in [3.05, 3.63) is 83.8 Å². The summed E-state index contributed by atoms with van der Waals surface area (Å²) in [6.07, 6.45) is 9.51. The van der Waals surface area contributed by atoms with E-state index in [4.69, 9.17) is 21.3 Å². The van der Waals surface area contributed by atoms with E-state index in [1.165, 1.54) is 24.2 Å². The van der Waals surface area contributed by atoms with E-state index in [-0.39, 0.29) is 22.5 Å². The highest BCUT2D eigenvalue weighted by molar-refractivity contribution is 6.31. The fourth-order valence-electron chi connectivity index (χ4n) is 4.46. The predicted molar refractivity (Wildman–Crippen MR) is 135 cm³/mol. The minimum Gasteiger partial charge on any atom is -0.481 e. The first-order valence-corrected chi connectivity index (χ1v) is 12.3. The molecule has 6 rings (SSSR count). The van der Waals surface area contributed by atoms with Crippen LogP contribution >= 0.6 is 11.6 Å². The molecule has 0 amide bonds. The monoisotopic (exact) mass is 534 g/mol. The molecule has 38 heavy (non-hydrogen) atoms. The SMILES string of the molecule is COc1ccc(-c2cnn(C(CC3CC3)c3ccc(-c4c(-n5cnnn5)ccc(Cl)c4F)cn3)c2)c(F)n1. The van der Waals surface area contributed by atoms with Gasteiger partial charge >= 0.3 is 0 Å². The lowest BCUT2D eigenvalue weighted by Crippen LogP contribution is -2.14. The molecular formula is C26H21ClF2N8O. The molecule has 0 radical (unpaired) electrons. The van der Waals surface area contributed by atoms with Crippen LogP contribution in [0.2, 0.25) is 5.02 Å². The molecule has 0 spiro atoms. The fourth-order valence-corrected chi connectivity index (χ4v) is 4.61. The summed E-state index contributed by atoms with van der Waals surface area (Å²) >= 11 is 6.10. The van der Waals surface area contributed by atoms with Gasteiger partial charge in [0.25, 0.3) is 0 Å². The summed E-state index contributed by atoms with van der Waals surface area (Å²) in [6, 6.07) is 9.80. The maximum Gasteiger partial charge on any atom is 0.224 e. The Hall–Kier alpha value is -4.25. The van der Waals surface area contributed by atoms with Gasteiger partial charge in [-0.15, -0.1) is 5.10 Å². The van der Waals surface area contributed by atoms with Gasteiger partial charge in [-0.2, -0.15) is 19.2 Å². The average Bonchev–Trinajstić information content (AvgIpc) is 3.36. The molecule has 1 aromatic carbocycles. The molecule has 1 saturated carbocycles. The van der Waals surface area contributed by atoms with Gasteiger partial charge in [0.1, 0.15) is 6.33 Å². The van der Waals surface area contributed by atoms with E-state index in [9.17, 15) is 4.39 Å². The largest absolute Gasteiger partial charge is 0.481 e. The molecule has 0 bridgehead atoms. The van der Waals surface area contributed by atoms with Crippen LogP contribution in [0.4, 0.5) is 8.78 Å². The lowest BCUT2D eigenvalue weighted by atomic mass is 10.0. The molecule has 1 atom stereocenters. The highest BCUT2D eigenvalue weighted by Crippen LogP contribution is 2.40. The second-order valence-electron chi connectivity index (χ2n) is 9.08. The number of hydrogen-bond acceptors (Lipinski definition) is 7. The number of hydrogen-bond donors (Lipinski definition) is 0. The lowest BCUT2D eigenvalue weighted by molar-refractivity contribution is 0.388. The van der Waals surface area contributed by atoms with Crippen LogP contribution in [0.15, 0.2) is 61.3 Å². The van der Waals surface area contributed by atoms with E-state index in [1.807, 2.05) is 6.07 Å². The van der Waals surface area contributed by atoms with Gasteiger partial charge in [-0.1, -0.05) is 30.5 Å². The van der Waals surface area contributed by atoms with Crippen molar-refractivity contribution in [2.75, 3.05) is 7.11 Å². The Bertz CT molecular complexity index is 1590. The van der Waals surface area contributed by atoms with Crippen molar-refractivity contribution in [1.82, 2.24) is 40.0 Å². The van der Waals surface area contributed by atoms with Gasteiger partial charge in [-0.25, -0.2) is 4.39 Å². The van der Waals surface area contributed by atoms with Crippen molar-refractivity contribution in [3.63, 3.8) is 0 Å². The highest BCUT2D eigenvalue weighted by Gasteiger charge is 2.29. The predicted octanol–water partition coefficient (Wildman–Crippen LogP) is 5.31. The Morgan fingerprint density at radius 3 is 2.63 bits per heavy atom. The van der Waals surface area contributed by atoms with Gasteiger partial charge in [0, 0.05) is 40.7 Å². The van der Waals surface area contributed by atoms with Crippen LogP contribution < -0.4 is 4.74 Å². The molecule has 0 saturated heterocycles. The summed E-state index contributed by atoms with van der Waals surface area (Å²) in [5.41, 5.74) is 2.89. The van der Waals surface area contributed by atoms with Crippen molar-refractivity contribution >= 4 is 11.6 Å². The van der Waals surface area contributed by atoms with Gasteiger partial charge in [0.15, 0.2) is 5.82 Å². The Morgan fingerprint density at radius 2 is 1.95 bits per heavy atom. The standard InChI is InChI=1S/C26H21ClF2N8O/c1-38-23-9-5-18(26(29)33-23)17-12-32-36(13-17)22(10-15-2-3-15)20-7-4-16(11-30-20)24-21(37-14-31-34-35-37)8-6-19(27)25(24)28/h4-9,11-15,22H,2-3,10H2,1H3. The molecule has 1 fully saturated rings. The van der Waals surface area contributed by atoms with Gasteiger partial charge in [-0.05, 0) is 47.0 Å². The third kappa shape index (κ3) is 4.60. The normalized spacial score (nSPS) is 14.0. The molecule has 1 unspecified atom stereocenters. The smallest absolute Gasteiger partial charge is 0.224 e. The summed E-state index contributed by atoms with van der Waals surface area (Å²) in [4.78, 5) is 8.52. The Labute approximate surface area is 221 Å². The van der Waals surface area contributed by atoms with Crippen molar-refractivity contribution < 1.29 is 13.5 Å². The first kappa shape index (κ1) is 24.1. The van der Waals surface area contributed by atoms with Crippen LogP contribution in [0.25, 0.3) is 27.9 Å². The zero-order valence-corrected chi connectivity index (χ0v) is 20.9. The molecule has 4 aromatic heterocycles. The first-order chi connectivity index (χ1) is 18.5. The van der Waals surface area contributed by atoms with Crippen molar-refractivity contribution in [3.8, 4) is 33.8 Å². The maximum absolute atomic E-state index is 15.2. The number of nitrogens with zero attached hydrogens (tertiary/aromatic N) is 8. The Morgan fingerprint density at radius 1 is 1.08 bits per heavy atom. The van der Waals surface area contributed by atoms with E-state index in [0.29, 0.717) is 28.3 Å². The van der Waals surface area contributed by atoms with Crippen molar-refractivity contribution in [1.29, 1.82) is 0 Å². The number of halogens is 3. The van der Waals surface area contributed by atoms with Gasteiger partial charge in [0.05, 0.1) is 35.8 Å². The van der Waals surface area contributed by atoms with Crippen LogP contribution in [0.1, 0.15) is 31.0 Å². The molecule has 12 heteroatoms. The molecule has 0 N–H and O–H groups in total. The second kappa shape index (κ2) is 9.90. The van der Waals surface area contributed by atoms with E-state index in [0.717, 1.165) is 25.0 Å². The minimum absolute atomic E-state index is 0.0168. The molecule has 192 valence electrons. The van der Waals surface area contributed by atoms with E-state index in [2.05, 4.69) is 25.6 Å². The van der Waals surface area contributed by atoms with Crippen LogP contribution in [0.5, 0.6) is 5.88 Å². The minimum atomic E-state index is -0.632. The summed E-state index contributed by atoms with van der Waals surface area (Å²) in [7, 11) is 1.44. The van der Waals surface area contributed by atoms with E-state index < -0.39 is 11.8 Å². The molecular weight excluding hydrogens is 514 g/mol. The average molecular weight is 535 g/mol. The zero-order valence-electron chi connectivity index (χ0n) is 20.2. The van der Waals surface area contributed by atoms with Crippen LogP contribution in [-0.2, 0) is 0 Å². The third-order valence-corrected chi connectivity index (χ3v) is 6.89. The van der Waals surface area contributed by atoms with Crippen LogP contribution in [0, 0.1) is 17.7 Å². The molecule has 1 aliphatic carbocycles. The molecule has 1 aliphatic rings. The van der Waals surface area contributed by atoms with Crippen molar-refractivity contribution in [2.45, 2.75) is 25.3 Å². The second-order valence-corrected chi connectivity index (χ2v) is 9.48. The lowest BCUT2D eigenvalue weighted by Gasteiger charge is -2.18. The fraction of sp³-hybridized carbons (Fsp3) is 0.231. The Kier molecular flexibility index (Phi) is 6.28. The number of pyridine rings is 2. The van der Waals surface area contributed by atoms with Crippen LogP contribution in [0.3, 0.4) is 0 Å². The highest BCUT2D eigenvalue weighted by atomic mass is 35.5. The van der Waals surface area contributed by atoms with Crippen molar-refractivity contribution in [2.24, 2.45) is 5.92 Å². The number of tetrazole rings is 1. The molecule has 9 nitrogen and oxygen atoms in total. The maximum atomic E-state index is 15.2. The van der Waals surface area contributed by atoms with E-state index in [1.54, 1.807) is 47.5 Å². The third-order valence-electron chi connectivity index (χ3n) is 6.60.